The van der Waals surface area contributed by atoms with Gasteiger partial charge >= 0.3 is 0 Å². The minimum atomic E-state index is -0.522. The Hall–Kier alpha value is -2.49. The molecule has 0 saturated carbocycles. The summed E-state index contributed by atoms with van der Waals surface area (Å²) in [5.41, 5.74) is 3.65. The molecule has 0 heterocycles. The molecule has 0 bridgehead atoms. The van der Waals surface area contributed by atoms with E-state index in [0.29, 0.717) is 6.54 Å². The minimum Gasteiger partial charge on any atom is -0.497 e. The van der Waals surface area contributed by atoms with Crippen LogP contribution < -0.4 is 14.8 Å². The second kappa shape index (κ2) is 8.06. The molecule has 1 aliphatic carbocycles. The predicted molar refractivity (Wildman–Crippen MR) is 98.0 cm³/mol. The molecule has 1 aliphatic rings. The van der Waals surface area contributed by atoms with Gasteiger partial charge in [0.2, 0.25) is 0 Å². The Morgan fingerprint density at radius 2 is 1.88 bits per heavy atom. The van der Waals surface area contributed by atoms with E-state index in [1.165, 1.54) is 24.0 Å². The first-order valence-corrected chi connectivity index (χ1v) is 8.85. The molecule has 1 N–H and O–H groups in total. The molecule has 132 valence electrons. The van der Waals surface area contributed by atoms with Crippen LogP contribution in [0.25, 0.3) is 0 Å². The van der Waals surface area contributed by atoms with Crippen molar-refractivity contribution in [3.8, 4) is 11.5 Å². The van der Waals surface area contributed by atoms with Gasteiger partial charge in [-0.1, -0.05) is 24.3 Å². The zero-order valence-electron chi connectivity index (χ0n) is 14.9. The number of methoxy groups -OCH3 is 1. The van der Waals surface area contributed by atoms with Crippen LogP contribution in [0.15, 0.2) is 42.5 Å². The van der Waals surface area contributed by atoms with Gasteiger partial charge in [0.1, 0.15) is 11.5 Å². The van der Waals surface area contributed by atoms with E-state index in [0.717, 1.165) is 29.9 Å². The van der Waals surface area contributed by atoms with Crippen LogP contribution in [0.3, 0.4) is 0 Å². The molecule has 0 fully saturated rings. The lowest BCUT2D eigenvalue weighted by Crippen LogP contribution is -2.36. The third-order valence-corrected chi connectivity index (χ3v) is 4.65. The lowest BCUT2D eigenvalue weighted by molar-refractivity contribution is -0.127. The van der Waals surface area contributed by atoms with Crippen LogP contribution in [-0.2, 0) is 24.2 Å². The number of carbonyl (C=O) groups excluding carboxylic acids is 1. The number of carbonyl (C=O) groups is 1. The van der Waals surface area contributed by atoms with Gasteiger partial charge in [0.05, 0.1) is 7.11 Å². The Labute approximate surface area is 149 Å². The van der Waals surface area contributed by atoms with Crippen LogP contribution in [0.2, 0.25) is 0 Å². The van der Waals surface area contributed by atoms with Gasteiger partial charge in [-0.25, -0.2) is 0 Å². The van der Waals surface area contributed by atoms with Crippen molar-refractivity contribution in [3.63, 3.8) is 0 Å². The number of fused-ring (bicyclic) bond motifs is 1. The van der Waals surface area contributed by atoms with Gasteiger partial charge in [-0.05, 0) is 67.5 Å². The van der Waals surface area contributed by atoms with Crippen molar-refractivity contribution in [3.05, 3.63) is 59.2 Å². The molecule has 1 atom stereocenters. The predicted octanol–water partition coefficient (Wildman–Crippen LogP) is 3.66. The summed E-state index contributed by atoms with van der Waals surface area (Å²) in [6, 6.07) is 13.8. The van der Waals surface area contributed by atoms with Crippen LogP contribution in [0.4, 0.5) is 0 Å². The number of nitrogens with one attached hydrogen (secondary N) is 1. The number of rotatable bonds is 6. The Morgan fingerprint density at radius 1 is 1.12 bits per heavy atom. The Kier molecular flexibility index (Phi) is 5.59. The molecule has 2 aromatic rings. The van der Waals surface area contributed by atoms with Gasteiger partial charge < -0.3 is 14.8 Å². The maximum Gasteiger partial charge on any atom is 0.261 e. The van der Waals surface area contributed by atoms with Crippen molar-refractivity contribution in [2.45, 2.75) is 45.3 Å². The molecule has 0 spiro atoms. The highest BCUT2D eigenvalue weighted by atomic mass is 16.5. The zero-order chi connectivity index (χ0) is 17.6. The third-order valence-electron chi connectivity index (χ3n) is 4.65. The number of amides is 1. The lowest BCUT2D eigenvalue weighted by atomic mass is 9.91. The molecule has 1 amide bonds. The molecular weight excluding hydrogens is 314 g/mol. The summed E-state index contributed by atoms with van der Waals surface area (Å²) in [7, 11) is 1.64. The molecule has 0 unspecified atom stereocenters. The van der Waals surface area contributed by atoms with Crippen molar-refractivity contribution >= 4 is 5.91 Å². The summed E-state index contributed by atoms with van der Waals surface area (Å²) in [5.74, 6) is 1.55. The second-order valence-electron chi connectivity index (χ2n) is 6.43. The fraction of sp³-hybridized carbons (Fsp3) is 0.381. The maximum absolute atomic E-state index is 12.4. The van der Waals surface area contributed by atoms with E-state index < -0.39 is 6.10 Å². The fourth-order valence-corrected chi connectivity index (χ4v) is 3.18. The third kappa shape index (κ3) is 4.32. The van der Waals surface area contributed by atoms with Crippen molar-refractivity contribution < 1.29 is 14.3 Å². The summed E-state index contributed by atoms with van der Waals surface area (Å²) in [6.45, 7) is 2.27. The highest BCUT2D eigenvalue weighted by Crippen LogP contribution is 2.30. The number of ether oxygens (including phenoxy) is 2. The quantitative estimate of drug-likeness (QED) is 0.874. The van der Waals surface area contributed by atoms with E-state index >= 15 is 0 Å². The van der Waals surface area contributed by atoms with E-state index in [1.807, 2.05) is 36.4 Å². The summed E-state index contributed by atoms with van der Waals surface area (Å²) in [5, 5.41) is 2.93. The largest absolute Gasteiger partial charge is 0.497 e. The van der Waals surface area contributed by atoms with E-state index in [2.05, 4.69) is 11.4 Å². The van der Waals surface area contributed by atoms with Crippen LogP contribution >= 0.6 is 0 Å². The average Bonchev–Trinajstić information content (AvgIpc) is 2.66. The van der Waals surface area contributed by atoms with Crippen LogP contribution in [0, 0.1) is 0 Å². The van der Waals surface area contributed by atoms with Gasteiger partial charge in [0.25, 0.3) is 5.91 Å². The van der Waals surface area contributed by atoms with Gasteiger partial charge in [0.15, 0.2) is 6.10 Å². The molecule has 3 rings (SSSR count). The summed E-state index contributed by atoms with van der Waals surface area (Å²) in [4.78, 5) is 12.4. The van der Waals surface area contributed by atoms with Gasteiger partial charge in [-0.15, -0.1) is 0 Å². The van der Waals surface area contributed by atoms with E-state index in [9.17, 15) is 4.79 Å². The molecule has 0 radical (unpaired) electrons. The minimum absolute atomic E-state index is 0.107. The number of hydrogen-bond donors (Lipinski definition) is 1. The molecule has 0 aliphatic heterocycles. The Bertz CT molecular complexity index is 724. The normalized spacial score (nSPS) is 14.3. The zero-order valence-corrected chi connectivity index (χ0v) is 14.9. The molecule has 0 saturated heterocycles. The standard InChI is InChI=1S/C21H25NO3/c1-15(21(23)22-14-16-10-12-18(24-2)13-11-16)25-20-9-5-7-17-6-3-4-8-19(17)20/h5,7,9-13,15H,3-4,6,8,14H2,1-2H3,(H,22,23)/t15-/m0/s1. The second-order valence-corrected chi connectivity index (χ2v) is 6.43. The van der Waals surface area contributed by atoms with Gasteiger partial charge in [0, 0.05) is 6.54 Å². The van der Waals surface area contributed by atoms with Gasteiger partial charge in [-0.2, -0.15) is 0 Å². The number of aryl methyl sites for hydroxylation is 1. The molecule has 25 heavy (non-hydrogen) atoms. The maximum atomic E-state index is 12.4. The van der Waals surface area contributed by atoms with E-state index in [1.54, 1.807) is 14.0 Å². The van der Waals surface area contributed by atoms with E-state index in [4.69, 9.17) is 9.47 Å². The first kappa shape index (κ1) is 17.3. The molecular formula is C21H25NO3. The number of benzene rings is 2. The molecule has 0 aromatic heterocycles. The van der Waals surface area contributed by atoms with Crippen molar-refractivity contribution in [1.29, 1.82) is 0 Å². The highest BCUT2D eigenvalue weighted by molar-refractivity contribution is 5.80. The molecule has 4 nitrogen and oxygen atoms in total. The van der Waals surface area contributed by atoms with Gasteiger partial charge in [-0.3, -0.25) is 4.79 Å². The Morgan fingerprint density at radius 3 is 2.64 bits per heavy atom. The topological polar surface area (TPSA) is 47.6 Å². The molecule has 2 aromatic carbocycles. The van der Waals surface area contributed by atoms with Crippen molar-refractivity contribution in [1.82, 2.24) is 5.32 Å². The van der Waals surface area contributed by atoms with E-state index in [-0.39, 0.29) is 5.91 Å². The first-order chi connectivity index (χ1) is 12.2. The Balaban J connectivity index is 1.57. The highest BCUT2D eigenvalue weighted by Gasteiger charge is 2.19. The van der Waals surface area contributed by atoms with Crippen molar-refractivity contribution in [2.75, 3.05) is 7.11 Å². The average molecular weight is 339 g/mol. The first-order valence-electron chi connectivity index (χ1n) is 8.85. The smallest absolute Gasteiger partial charge is 0.261 e. The summed E-state index contributed by atoms with van der Waals surface area (Å²) >= 11 is 0. The fourth-order valence-electron chi connectivity index (χ4n) is 3.18. The SMILES string of the molecule is COc1ccc(CNC(=O)[C@H](C)Oc2cccc3c2CCCC3)cc1. The lowest BCUT2D eigenvalue weighted by Gasteiger charge is -2.22. The van der Waals surface area contributed by atoms with Crippen LogP contribution in [0.1, 0.15) is 36.5 Å². The summed E-state index contributed by atoms with van der Waals surface area (Å²) < 4.78 is 11.1. The monoisotopic (exact) mass is 339 g/mol. The van der Waals surface area contributed by atoms with Crippen molar-refractivity contribution in [2.24, 2.45) is 0 Å². The number of hydrogen-bond acceptors (Lipinski definition) is 3. The summed E-state index contributed by atoms with van der Waals surface area (Å²) in [6.07, 6.45) is 4.03. The molecule has 4 heteroatoms. The van der Waals surface area contributed by atoms with Crippen LogP contribution in [0.5, 0.6) is 11.5 Å². The van der Waals surface area contributed by atoms with Crippen LogP contribution in [-0.4, -0.2) is 19.1 Å².